The van der Waals surface area contributed by atoms with Crippen LogP contribution in [0.1, 0.15) is 44.9 Å². The smallest absolute Gasteiger partial charge is 0.338 e. The largest absolute Gasteiger partial charge is 0.490 e. The number of fused-ring (bicyclic) bond motifs is 2. The molecule has 0 bridgehead atoms. The van der Waals surface area contributed by atoms with E-state index in [4.69, 9.17) is 23.7 Å². The first kappa shape index (κ1) is 25.6. The summed E-state index contributed by atoms with van der Waals surface area (Å²) in [5, 5.41) is 0. The molecule has 0 radical (unpaired) electrons. The lowest BCUT2D eigenvalue weighted by molar-refractivity contribution is -0.139. The molecule has 198 valence electrons. The van der Waals surface area contributed by atoms with Crippen molar-refractivity contribution in [3.05, 3.63) is 78.5 Å². The zero-order valence-electron chi connectivity index (χ0n) is 21.6. The van der Waals surface area contributed by atoms with Gasteiger partial charge in [-0.1, -0.05) is 23.5 Å². The number of benzene rings is 2. The highest BCUT2D eigenvalue weighted by Crippen LogP contribution is 2.36. The number of esters is 1. The SMILES string of the molecule is CCOC(=O)C1=C(C)N=c2s/c(=C\c3ccc4c(c3)OCO4)c(=O)n2[C@H]1c1ccc(OCC)c(OCC)c1. The Morgan fingerprint density at radius 2 is 1.82 bits per heavy atom. The van der Waals surface area contributed by atoms with Crippen molar-refractivity contribution in [1.29, 1.82) is 0 Å². The van der Waals surface area contributed by atoms with Crippen molar-refractivity contribution in [3.63, 3.8) is 0 Å². The van der Waals surface area contributed by atoms with Gasteiger partial charge in [0.05, 0.1) is 41.7 Å². The van der Waals surface area contributed by atoms with Crippen LogP contribution in [-0.4, -0.2) is 37.1 Å². The summed E-state index contributed by atoms with van der Waals surface area (Å²) in [6.07, 6.45) is 1.79. The fourth-order valence-electron chi connectivity index (χ4n) is 4.50. The first-order valence-corrected chi connectivity index (χ1v) is 13.3. The Bertz CT molecular complexity index is 1600. The molecule has 2 aromatic carbocycles. The number of nitrogens with zero attached hydrogens (tertiary/aromatic N) is 2. The molecule has 3 heterocycles. The molecule has 0 amide bonds. The molecule has 1 aromatic heterocycles. The fourth-order valence-corrected chi connectivity index (χ4v) is 5.55. The highest BCUT2D eigenvalue weighted by molar-refractivity contribution is 7.07. The number of hydrogen-bond donors (Lipinski definition) is 0. The summed E-state index contributed by atoms with van der Waals surface area (Å²) >= 11 is 1.26. The molecule has 10 heteroatoms. The fraction of sp³-hybridized carbons (Fsp3) is 0.321. The molecule has 0 N–H and O–H groups in total. The van der Waals surface area contributed by atoms with E-state index in [-0.39, 0.29) is 19.0 Å². The van der Waals surface area contributed by atoms with Gasteiger partial charge >= 0.3 is 5.97 Å². The predicted octanol–water partition coefficient (Wildman–Crippen LogP) is 3.32. The molecule has 0 saturated carbocycles. The van der Waals surface area contributed by atoms with Crippen LogP contribution in [0, 0.1) is 0 Å². The average molecular weight is 537 g/mol. The van der Waals surface area contributed by atoms with Crippen LogP contribution in [-0.2, 0) is 9.53 Å². The number of thiazole rings is 1. The Hall–Kier alpha value is -4.05. The van der Waals surface area contributed by atoms with Crippen LogP contribution in [0.15, 0.2) is 57.5 Å². The minimum atomic E-state index is -0.751. The van der Waals surface area contributed by atoms with Gasteiger partial charge in [0, 0.05) is 0 Å². The van der Waals surface area contributed by atoms with Gasteiger partial charge in [-0.2, -0.15) is 0 Å². The van der Waals surface area contributed by atoms with Gasteiger partial charge in [-0.25, -0.2) is 9.79 Å². The summed E-state index contributed by atoms with van der Waals surface area (Å²) in [4.78, 5) is 32.1. The molecule has 1 atom stereocenters. The van der Waals surface area contributed by atoms with Gasteiger partial charge < -0.3 is 23.7 Å². The minimum Gasteiger partial charge on any atom is -0.490 e. The predicted molar refractivity (Wildman–Crippen MR) is 142 cm³/mol. The van der Waals surface area contributed by atoms with E-state index in [1.807, 2.05) is 44.2 Å². The summed E-state index contributed by atoms with van der Waals surface area (Å²) in [5.74, 6) is 1.90. The molecular weight excluding hydrogens is 508 g/mol. The van der Waals surface area contributed by atoms with E-state index in [0.29, 0.717) is 62.4 Å². The van der Waals surface area contributed by atoms with Crippen LogP contribution in [0.3, 0.4) is 0 Å². The van der Waals surface area contributed by atoms with Crippen molar-refractivity contribution in [3.8, 4) is 23.0 Å². The summed E-state index contributed by atoms with van der Waals surface area (Å²) in [5.41, 5.74) is 2.01. The number of hydrogen-bond acceptors (Lipinski definition) is 9. The van der Waals surface area contributed by atoms with Crippen LogP contribution in [0.2, 0.25) is 0 Å². The van der Waals surface area contributed by atoms with E-state index >= 15 is 0 Å². The number of aromatic nitrogens is 1. The van der Waals surface area contributed by atoms with E-state index in [1.165, 1.54) is 11.3 Å². The zero-order valence-corrected chi connectivity index (χ0v) is 22.4. The number of carbonyl (C=O) groups excluding carboxylic acids is 1. The van der Waals surface area contributed by atoms with Crippen molar-refractivity contribution in [2.24, 2.45) is 4.99 Å². The quantitative estimate of drug-likeness (QED) is 0.408. The highest BCUT2D eigenvalue weighted by atomic mass is 32.1. The van der Waals surface area contributed by atoms with Gasteiger partial charge in [-0.15, -0.1) is 0 Å². The molecule has 0 spiro atoms. The normalized spacial score (nSPS) is 16.2. The zero-order chi connectivity index (χ0) is 26.8. The van der Waals surface area contributed by atoms with Crippen molar-refractivity contribution in [1.82, 2.24) is 4.57 Å². The third-order valence-electron chi connectivity index (χ3n) is 6.09. The second-order valence-corrected chi connectivity index (χ2v) is 9.50. The second-order valence-electron chi connectivity index (χ2n) is 8.49. The number of allylic oxidation sites excluding steroid dienone is 1. The topological polar surface area (TPSA) is 97.6 Å². The standard InChI is InChI=1S/C28H28N2O7S/c1-5-33-19-11-9-18(14-22(19)34-6-2)25-24(27(32)35-7-3)16(4)29-28-30(25)26(31)23(38-28)13-17-8-10-20-21(12-17)37-15-36-20/h8-14,25H,5-7,15H2,1-4H3/b23-13-/t25-/m0/s1. The van der Waals surface area contributed by atoms with Crippen LogP contribution in [0.5, 0.6) is 23.0 Å². The molecule has 3 aromatic rings. The van der Waals surface area contributed by atoms with Gasteiger partial charge in [-0.3, -0.25) is 9.36 Å². The van der Waals surface area contributed by atoms with Crippen molar-refractivity contribution >= 4 is 23.4 Å². The summed E-state index contributed by atoms with van der Waals surface area (Å²) in [6.45, 7) is 8.55. The number of ether oxygens (including phenoxy) is 5. The maximum absolute atomic E-state index is 13.8. The van der Waals surface area contributed by atoms with Crippen molar-refractivity contribution < 1.29 is 28.5 Å². The van der Waals surface area contributed by atoms with Crippen molar-refractivity contribution in [2.45, 2.75) is 33.7 Å². The third-order valence-corrected chi connectivity index (χ3v) is 7.08. The van der Waals surface area contributed by atoms with Crippen LogP contribution in [0.4, 0.5) is 0 Å². The summed E-state index contributed by atoms with van der Waals surface area (Å²) in [6, 6.07) is 10.2. The van der Waals surface area contributed by atoms with Gasteiger partial charge in [0.2, 0.25) is 6.79 Å². The lowest BCUT2D eigenvalue weighted by atomic mass is 9.95. The average Bonchev–Trinajstić information content (AvgIpc) is 3.48. The minimum absolute atomic E-state index is 0.169. The lowest BCUT2D eigenvalue weighted by Gasteiger charge is -2.25. The summed E-state index contributed by atoms with van der Waals surface area (Å²) < 4.78 is 29.8. The van der Waals surface area contributed by atoms with Crippen molar-refractivity contribution in [2.75, 3.05) is 26.6 Å². The molecular formula is C28H28N2O7S. The van der Waals surface area contributed by atoms with Crippen LogP contribution < -0.4 is 33.8 Å². The maximum atomic E-state index is 13.8. The molecule has 0 aliphatic carbocycles. The molecule has 9 nitrogen and oxygen atoms in total. The summed E-state index contributed by atoms with van der Waals surface area (Å²) in [7, 11) is 0. The highest BCUT2D eigenvalue weighted by Gasteiger charge is 2.34. The Morgan fingerprint density at radius 3 is 2.58 bits per heavy atom. The lowest BCUT2D eigenvalue weighted by Crippen LogP contribution is -2.40. The first-order valence-electron chi connectivity index (χ1n) is 12.4. The van der Waals surface area contributed by atoms with Crippen LogP contribution >= 0.6 is 11.3 Å². The molecule has 0 saturated heterocycles. The molecule has 38 heavy (non-hydrogen) atoms. The third kappa shape index (κ3) is 4.67. The molecule has 2 aliphatic heterocycles. The van der Waals surface area contributed by atoms with E-state index in [0.717, 1.165) is 5.56 Å². The van der Waals surface area contributed by atoms with Gasteiger partial charge in [0.15, 0.2) is 27.8 Å². The van der Waals surface area contributed by atoms with Gasteiger partial charge in [0.1, 0.15) is 0 Å². The second kappa shape index (κ2) is 10.7. The number of rotatable bonds is 8. The monoisotopic (exact) mass is 536 g/mol. The Kier molecular flexibility index (Phi) is 7.24. The van der Waals surface area contributed by atoms with Gasteiger partial charge in [-0.05, 0) is 69.2 Å². The van der Waals surface area contributed by atoms with E-state index in [2.05, 4.69) is 4.99 Å². The maximum Gasteiger partial charge on any atom is 0.338 e. The molecule has 0 unspecified atom stereocenters. The molecule has 0 fully saturated rings. The van der Waals surface area contributed by atoms with E-state index in [9.17, 15) is 9.59 Å². The molecule has 2 aliphatic rings. The van der Waals surface area contributed by atoms with Gasteiger partial charge in [0.25, 0.3) is 5.56 Å². The Balaban J connectivity index is 1.69. The Morgan fingerprint density at radius 1 is 1.05 bits per heavy atom. The van der Waals surface area contributed by atoms with E-state index in [1.54, 1.807) is 30.6 Å². The van der Waals surface area contributed by atoms with Crippen LogP contribution in [0.25, 0.3) is 6.08 Å². The molecule has 5 rings (SSSR count). The van der Waals surface area contributed by atoms with E-state index < -0.39 is 12.0 Å². The number of carbonyl (C=O) groups is 1. The Labute approximate surface area is 223 Å². The first-order chi connectivity index (χ1) is 18.4.